The van der Waals surface area contributed by atoms with Gasteiger partial charge in [0.2, 0.25) is 5.91 Å². The van der Waals surface area contributed by atoms with E-state index in [9.17, 15) is 14.9 Å². The number of anilines is 1. The molecule has 22 heavy (non-hydrogen) atoms. The third-order valence-electron chi connectivity index (χ3n) is 2.74. The number of benzene rings is 2. The Bertz CT molecular complexity index is 760. The number of non-ortho nitro benzene ring substituents is 1. The number of carbonyl (C=O) groups is 1. The van der Waals surface area contributed by atoms with Gasteiger partial charge in [-0.15, -0.1) is 0 Å². The molecule has 0 aliphatic rings. The Balaban J connectivity index is 2.09. The lowest BCUT2D eigenvalue weighted by molar-refractivity contribution is -0.384. The summed E-state index contributed by atoms with van der Waals surface area (Å²) in [6.45, 7) is 0. The Hall–Kier alpha value is -2.37. The third-order valence-corrected chi connectivity index (χ3v) is 3.40. The van der Waals surface area contributed by atoms with E-state index in [1.807, 2.05) is 0 Å². The Morgan fingerprint density at radius 3 is 2.50 bits per heavy atom. The van der Waals surface area contributed by atoms with Crippen molar-refractivity contribution in [2.24, 2.45) is 0 Å². The van der Waals surface area contributed by atoms with Crippen LogP contribution in [0.15, 0.2) is 48.5 Å². The molecule has 0 unspecified atom stereocenters. The zero-order valence-electron chi connectivity index (χ0n) is 11.1. The van der Waals surface area contributed by atoms with Crippen LogP contribution in [0.2, 0.25) is 10.0 Å². The smallest absolute Gasteiger partial charge is 0.271 e. The van der Waals surface area contributed by atoms with E-state index in [2.05, 4.69) is 5.32 Å². The van der Waals surface area contributed by atoms with Crippen molar-refractivity contribution < 1.29 is 9.72 Å². The summed E-state index contributed by atoms with van der Waals surface area (Å²) >= 11 is 11.9. The number of rotatable bonds is 4. The minimum absolute atomic E-state index is 0.0914. The topological polar surface area (TPSA) is 72.2 Å². The highest BCUT2D eigenvalue weighted by Gasteiger charge is 2.10. The highest BCUT2D eigenvalue weighted by atomic mass is 35.5. The van der Waals surface area contributed by atoms with Gasteiger partial charge in [-0.1, -0.05) is 41.4 Å². The van der Waals surface area contributed by atoms with E-state index in [4.69, 9.17) is 23.2 Å². The van der Waals surface area contributed by atoms with Crippen LogP contribution >= 0.6 is 23.2 Å². The number of halogens is 2. The van der Waals surface area contributed by atoms with Crippen LogP contribution in [0, 0.1) is 10.1 Å². The maximum absolute atomic E-state index is 11.8. The van der Waals surface area contributed by atoms with Gasteiger partial charge >= 0.3 is 0 Å². The van der Waals surface area contributed by atoms with Gasteiger partial charge in [0.15, 0.2) is 0 Å². The van der Waals surface area contributed by atoms with E-state index in [1.165, 1.54) is 24.3 Å². The number of amides is 1. The summed E-state index contributed by atoms with van der Waals surface area (Å²) in [6, 6.07) is 10.9. The van der Waals surface area contributed by atoms with Crippen molar-refractivity contribution in [3.63, 3.8) is 0 Å². The van der Waals surface area contributed by atoms with Crippen LogP contribution in [0.3, 0.4) is 0 Å². The molecule has 5 nitrogen and oxygen atoms in total. The molecule has 0 saturated heterocycles. The quantitative estimate of drug-likeness (QED) is 0.505. The van der Waals surface area contributed by atoms with Crippen molar-refractivity contribution in [3.05, 3.63) is 74.3 Å². The number of hydrogen-bond acceptors (Lipinski definition) is 3. The summed E-state index contributed by atoms with van der Waals surface area (Å²) in [5.41, 5.74) is 0.852. The minimum atomic E-state index is -0.561. The average Bonchev–Trinajstić information content (AvgIpc) is 2.48. The van der Waals surface area contributed by atoms with Gasteiger partial charge in [0, 0.05) is 23.2 Å². The van der Waals surface area contributed by atoms with Crippen LogP contribution in [0.25, 0.3) is 6.08 Å². The van der Waals surface area contributed by atoms with Crippen LogP contribution < -0.4 is 5.32 Å². The van der Waals surface area contributed by atoms with E-state index in [0.29, 0.717) is 16.3 Å². The molecular formula is C15H10Cl2N2O3. The number of nitro groups is 1. The largest absolute Gasteiger partial charge is 0.321 e. The molecule has 0 atom stereocenters. The first-order chi connectivity index (χ1) is 10.5. The first-order valence-electron chi connectivity index (χ1n) is 6.15. The molecule has 1 N–H and O–H groups in total. The number of nitro benzene ring substituents is 1. The monoisotopic (exact) mass is 336 g/mol. The summed E-state index contributed by atoms with van der Waals surface area (Å²) in [4.78, 5) is 21.9. The van der Waals surface area contributed by atoms with Crippen molar-refractivity contribution >= 4 is 46.6 Å². The second-order valence-electron chi connectivity index (χ2n) is 4.27. The Kier molecular flexibility index (Phi) is 5.14. The Labute approximate surface area is 136 Å². The molecule has 0 radical (unpaired) electrons. The van der Waals surface area contributed by atoms with Crippen molar-refractivity contribution in [2.45, 2.75) is 0 Å². The van der Waals surface area contributed by atoms with Crippen molar-refractivity contribution in [1.29, 1.82) is 0 Å². The van der Waals surface area contributed by atoms with Crippen LogP contribution in [0.4, 0.5) is 11.4 Å². The van der Waals surface area contributed by atoms with Crippen molar-refractivity contribution in [3.8, 4) is 0 Å². The number of nitrogens with one attached hydrogen (secondary N) is 1. The van der Waals surface area contributed by atoms with Crippen molar-refractivity contribution in [2.75, 3.05) is 5.32 Å². The summed E-state index contributed by atoms with van der Waals surface area (Å²) in [7, 11) is 0. The molecule has 0 heterocycles. The van der Waals surface area contributed by atoms with E-state index in [0.717, 1.165) is 0 Å². The third kappa shape index (κ3) is 4.07. The van der Waals surface area contributed by atoms with Crippen LogP contribution in [-0.2, 0) is 4.79 Å². The number of hydrogen-bond donors (Lipinski definition) is 1. The summed E-state index contributed by atoms with van der Waals surface area (Å²) in [5.74, 6) is -0.421. The Morgan fingerprint density at radius 2 is 1.86 bits per heavy atom. The molecule has 0 aromatic heterocycles. The molecule has 0 aliphatic heterocycles. The first-order valence-corrected chi connectivity index (χ1v) is 6.90. The van der Waals surface area contributed by atoms with Gasteiger partial charge in [-0.05, 0) is 23.8 Å². The SMILES string of the molecule is O=C(C=Cc1ccccc1Cl)Nc1ccc([N+](=O)[O-])cc1Cl. The standard InChI is InChI=1S/C15H10Cl2N2O3/c16-12-4-2-1-3-10(12)5-8-15(20)18-14-7-6-11(19(21)22)9-13(14)17/h1-9H,(H,18,20). The fraction of sp³-hybridized carbons (Fsp3) is 0. The molecule has 112 valence electrons. The lowest BCUT2D eigenvalue weighted by Crippen LogP contribution is -2.08. The zero-order valence-corrected chi connectivity index (χ0v) is 12.6. The zero-order chi connectivity index (χ0) is 16.1. The summed E-state index contributed by atoms with van der Waals surface area (Å²) < 4.78 is 0. The number of nitrogens with zero attached hydrogens (tertiary/aromatic N) is 1. The van der Waals surface area contributed by atoms with Gasteiger partial charge in [-0.2, -0.15) is 0 Å². The van der Waals surface area contributed by atoms with E-state index in [1.54, 1.807) is 30.3 Å². The van der Waals surface area contributed by atoms with Crippen LogP contribution in [-0.4, -0.2) is 10.8 Å². The van der Waals surface area contributed by atoms with E-state index < -0.39 is 10.8 Å². The minimum Gasteiger partial charge on any atom is -0.321 e. The van der Waals surface area contributed by atoms with Gasteiger partial charge in [-0.25, -0.2) is 0 Å². The molecule has 0 fully saturated rings. The molecule has 2 aromatic carbocycles. The summed E-state index contributed by atoms with van der Waals surface area (Å²) in [5, 5.41) is 13.8. The molecule has 0 spiro atoms. The lowest BCUT2D eigenvalue weighted by atomic mass is 10.2. The molecule has 2 aromatic rings. The maximum atomic E-state index is 11.8. The molecular weight excluding hydrogens is 327 g/mol. The molecule has 2 rings (SSSR count). The predicted octanol–water partition coefficient (Wildman–Crippen LogP) is 4.55. The van der Waals surface area contributed by atoms with E-state index in [-0.39, 0.29) is 10.7 Å². The normalized spacial score (nSPS) is 10.6. The second-order valence-corrected chi connectivity index (χ2v) is 5.08. The highest BCUT2D eigenvalue weighted by molar-refractivity contribution is 6.34. The molecule has 0 bridgehead atoms. The maximum Gasteiger partial charge on any atom is 0.271 e. The van der Waals surface area contributed by atoms with Gasteiger partial charge in [0.1, 0.15) is 0 Å². The van der Waals surface area contributed by atoms with Gasteiger partial charge in [-0.3, -0.25) is 14.9 Å². The fourth-order valence-corrected chi connectivity index (χ4v) is 2.09. The molecule has 1 amide bonds. The van der Waals surface area contributed by atoms with Crippen LogP contribution in [0.5, 0.6) is 0 Å². The highest BCUT2D eigenvalue weighted by Crippen LogP contribution is 2.26. The predicted molar refractivity (Wildman–Crippen MR) is 87.2 cm³/mol. The fourth-order valence-electron chi connectivity index (χ4n) is 1.67. The van der Waals surface area contributed by atoms with Gasteiger partial charge in [0.05, 0.1) is 15.6 Å². The summed E-state index contributed by atoms with van der Waals surface area (Å²) in [6.07, 6.45) is 2.87. The van der Waals surface area contributed by atoms with Crippen LogP contribution in [0.1, 0.15) is 5.56 Å². The molecule has 0 saturated carbocycles. The lowest BCUT2D eigenvalue weighted by Gasteiger charge is -2.04. The number of carbonyl (C=O) groups excluding carboxylic acids is 1. The molecule has 0 aliphatic carbocycles. The Morgan fingerprint density at radius 1 is 1.14 bits per heavy atom. The molecule has 7 heteroatoms. The van der Waals surface area contributed by atoms with E-state index >= 15 is 0 Å². The van der Waals surface area contributed by atoms with Gasteiger partial charge < -0.3 is 5.32 Å². The van der Waals surface area contributed by atoms with Gasteiger partial charge in [0.25, 0.3) is 5.69 Å². The average molecular weight is 337 g/mol. The second kappa shape index (κ2) is 7.06. The first kappa shape index (κ1) is 16.0. The van der Waals surface area contributed by atoms with Crippen molar-refractivity contribution in [1.82, 2.24) is 0 Å².